The number of fused-ring (bicyclic) bond motifs is 2. The topological polar surface area (TPSA) is 142 Å². The minimum atomic E-state index is -0.952. The van der Waals surface area contributed by atoms with E-state index in [9.17, 15) is 14.0 Å². The van der Waals surface area contributed by atoms with Crippen LogP contribution >= 0.6 is 11.6 Å². The fourth-order valence-corrected chi connectivity index (χ4v) is 5.82. The zero-order valence-corrected chi connectivity index (χ0v) is 23.7. The van der Waals surface area contributed by atoms with Crippen LogP contribution in [0.4, 0.5) is 33.2 Å². The Morgan fingerprint density at radius 2 is 1.90 bits per heavy atom. The van der Waals surface area contributed by atoms with Gasteiger partial charge in [-0.2, -0.15) is 9.97 Å². The summed E-state index contributed by atoms with van der Waals surface area (Å²) < 4.78 is 20.3. The number of anilines is 5. The number of H-pyrrole nitrogens is 1. The SMILES string of the molecule is COc1cc2c(cc1Nc1nc(Nc3cc(Cl)cc(F)c3C(N)=O)c3cc[nH]c3n1)N(C(=O)CN1CCCC1)CCC2. The zero-order chi connectivity index (χ0) is 29.4. The summed E-state index contributed by atoms with van der Waals surface area (Å²) in [5.74, 6) is -0.680. The van der Waals surface area contributed by atoms with Crippen LogP contribution in [0.3, 0.4) is 0 Å². The molecule has 5 N–H and O–H groups in total. The number of rotatable bonds is 8. The minimum Gasteiger partial charge on any atom is -0.495 e. The second-order valence-electron chi connectivity index (χ2n) is 10.4. The number of ether oxygens (including phenoxy) is 1. The monoisotopic (exact) mass is 592 g/mol. The average Bonchev–Trinajstić information content (AvgIpc) is 3.64. The maximum atomic E-state index is 14.6. The van der Waals surface area contributed by atoms with E-state index in [0.717, 1.165) is 56.1 Å². The van der Waals surface area contributed by atoms with Crippen molar-refractivity contribution >= 4 is 63.3 Å². The molecule has 0 atom stereocenters. The molecule has 2 aliphatic heterocycles. The Kier molecular flexibility index (Phi) is 7.56. The number of aromatic nitrogens is 3. The molecule has 13 heteroatoms. The number of nitrogens with one attached hydrogen (secondary N) is 3. The van der Waals surface area contributed by atoms with E-state index in [1.165, 1.54) is 6.07 Å². The summed E-state index contributed by atoms with van der Waals surface area (Å²) in [5.41, 5.74) is 8.09. The van der Waals surface area contributed by atoms with Gasteiger partial charge in [0.15, 0.2) is 0 Å². The average molecular weight is 593 g/mol. The number of aromatic amines is 1. The molecular formula is C29H30ClFN8O3. The Morgan fingerprint density at radius 3 is 2.67 bits per heavy atom. The third-order valence-electron chi connectivity index (χ3n) is 7.59. The molecule has 0 unspecified atom stereocenters. The van der Waals surface area contributed by atoms with Gasteiger partial charge in [0.25, 0.3) is 5.91 Å². The molecule has 2 aromatic heterocycles. The number of carbonyl (C=O) groups excluding carboxylic acids is 2. The molecule has 0 radical (unpaired) electrons. The lowest BCUT2D eigenvalue weighted by Gasteiger charge is -2.32. The molecule has 4 aromatic rings. The number of carbonyl (C=O) groups is 2. The van der Waals surface area contributed by atoms with Crippen molar-refractivity contribution in [2.75, 3.05) is 48.8 Å². The molecule has 218 valence electrons. The molecule has 42 heavy (non-hydrogen) atoms. The molecule has 0 saturated carbocycles. The number of benzene rings is 2. The van der Waals surface area contributed by atoms with Crippen molar-refractivity contribution < 1.29 is 18.7 Å². The summed E-state index contributed by atoms with van der Waals surface area (Å²) >= 11 is 6.07. The molecule has 0 spiro atoms. The number of nitrogens with two attached hydrogens (primary N) is 1. The molecule has 1 fully saturated rings. The summed E-state index contributed by atoms with van der Waals surface area (Å²) in [6.45, 7) is 2.93. The first-order chi connectivity index (χ1) is 20.3. The Labute approximate surface area is 246 Å². The number of primary amides is 1. The van der Waals surface area contributed by atoms with Crippen LogP contribution in [0, 0.1) is 5.82 Å². The van der Waals surface area contributed by atoms with E-state index in [4.69, 9.17) is 22.1 Å². The standard InChI is InChI=1S/C29H30ClFN8O3/c1-42-23-11-16-5-4-10-39(24(40)15-38-8-2-3-9-38)22(16)14-20(23)35-29-36-27-18(6-7-33-27)28(37-29)34-21-13-17(30)12-19(31)25(21)26(32)41/h6-7,11-14H,2-5,8-10,15H2,1H3,(H2,32,41)(H3,33,34,35,36,37). The summed E-state index contributed by atoms with van der Waals surface area (Å²) in [6.07, 6.45) is 5.62. The van der Waals surface area contributed by atoms with Gasteiger partial charge in [-0.25, -0.2) is 4.39 Å². The van der Waals surface area contributed by atoms with Crippen molar-refractivity contribution in [1.82, 2.24) is 19.9 Å². The largest absolute Gasteiger partial charge is 0.495 e. The number of nitrogens with zero attached hydrogens (tertiary/aromatic N) is 4. The molecule has 0 aliphatic carbocycles. The predicted molar refractivity (Wildman–Crippen MR) is 160 cm³/mol. The zero-order valence-electron chi connectivity index (χ0n) is 23.0. The Bertz CT molecular complexity index is 1690. The number of likely N-dealkylation sites (tertiary alicyclic amines) is 1. The number of hydrogen-bond acceptors (Lipinski definition) is 8. The van der Waals surface area contributed by atoms with Gasteiger partial charge in [0.1, 0.15) is 23.0 Å². The maximum absolute atomic E-state index is 14.6. The van der Waals surface area contributed by atoms with Crippen molar-refractivity contribution in [3.8, 4) is 5.75 Å². The van der Waals surface area contributed by atoms with Crippen molar-refractivity contribution in [3.05, 3.63) is 58.5 Å². The fraction of sp³-hybridized carbons (Fsp3) is 0.310. The Balaban J connectivity index is 1.35. The second-order valence-corrected chi connectivity index (χ2v) is 10.8. The summed E-state index contributed by atoms with van der Waals surface area (Å²) in [4.78, 5) is 41.7. The lowest BCUT2D eigenvalue weighted by Crippen LogP contribution is -2.42. The normalized spacial score (nSPS) is 15.1. The van der Waals surface area contributed by atoms with Gasteiger partial charge in [-0.15, -0.1) is 0 Å². The van der Waals surface area contributed by atoms with Gasteiger partial charge >= 0.3 is 0 Å². The van der Waals surface area contributed by atoms with Crippen LogP contribution in [-0.2, 0) is 11.2 Å². The lowest BCUT2D eigenvalue weighted by atomic mass is 10.00. The Hall–Kier alpha value is -4.42. The van der Waals surface area contributed by atoms with Gasteiger partial charge in [0.2, 0.25) is 11.9 Å². The highest BCUT2D eigenvalue weighted by Gasteiger charge is 2.27. The van der Waals surface area contributed by atoms with E-state index < -0.39 is 11.7 Å². The van der Waals surface area contributed by atoms with Crippen LogP contribution < -0.4 is 26.0 Å². The first-order valence-electron chi connectivity index (χ1n) is 13.7. The van der Waals surface area contributed by atoms with Gasteiger partial charge < -0.3 is 31.0 Å². The van der Waals surface area contributed by atoms with E-state index >= 15 is 0 Å². The van der Waals surface area contributed by atoms with Crippen molar-refractivity contribution in [2.24, 2.45) is 5.73 Å². The molecule has 6 rings (SSSR count). The van der Waals surface area contributed by atoms with E-state index in [1.54, 1.807) is 19.4 Å². The van der Waals surface area contributed by atoms with E-state index in [2.05, 4.69) is 30.5 Å². The first kappa shape index (κ1) is 27.7. The highest BCUT2D eigenvalue weighted by molar-refractivity contribution is 6.31. The molecular weight excluding hydrogens is 563 g/mol. The smallest absolute Gasteiger partial charge is 0.253 e. The molecule has 11 nitrogen and oxygen atoms in total. The summed E-state index contributed by atoms with van der Waals surface area (Å²) in [7, 11) is 1.58. The van der Waals surface area contributed by atoms with Crippen LogP contribution in [0.1, 0.15) is 35.2 Å². The van der Waals surface area contributed by atoms with Crippen molar-refractivity contribution in [2.45, 2.75) is 25.7 Å². The predicted octanol–water partition coefficient (Wildman–Crippen LogP) is 4.72. The Morgan fingerprint density at radius 1 is 1.10 bits per heavy atom. The highest BCUT2D eigenvalue weighted by Crippen LogP contribution is 2.38. The summed E-state index contributed by atoms with van der Waals surface area (Å²) in [6, 6.07) is 8.00. The number of methoxy groups -OCH3 is 1. The van der Waals surface area contributed by atoms with Crippen molar-refractivity contribution in [1.29, 1.82) is 0 Å². The van der Waals surface area contributed by atoms with Gasteiger partial charge in [0.05, 0.1) is 36.0 Å². The molecule has 0 bridgehead atoms. The number of aryl methyl sites for hydroxylation is 1. The fourth-order valence-electron chi connectivity index (χ4n) is 5.62. The molecule has 2 aliphatic rings. The number of halogens is 2. The molecule has 2 amide bonds. The number of hydrogen-bond donors (Lipinski definition) is 4. The van der Waals surface area contributed by atoms with E-state index in [0.29, 0.717) is 35.6 Å². The van der Waals surface area contributed by atoms with Crippen LogP contribution in [-0.4, -0.2) is 65.0 Å². The molecule has 4 heterocycles. The minimum absolute atomic E-state index is 0.0677. The van der Waals surface area contributed by atoms with Crippen LogP contribution in [0.2, 0.25) is 5.02 Å². The first-order valence-corrected chi connectivity index (χ1v) is 14.1. The highest BCUT2D eigenvalue weighted by atomic mass is 35.5. The van der Waals surface area contributed by atoms with Crippen LogP contribution in [0.5, 0.6) is 5.75 Å². The summed E-state index contributed by atoms with van der Waals surface area (Å²) in [5, 5.41) is 6.90. The van der Waals surface area contributed by atoms with E-state index in [1.807, 2.05) is 17.0 Å². The van der Waals surface area contributed by atoms with Crippen LogP contribution in [0.25, 0.3) is 11.0 Å². The number of amides is 2. The van der Waals surface area contributed by atoms with Crippen LogP contribution in [0.15, 0.2) is 36.5 Å². The third kappa shape index (κ3) is 5.42. The van der Waals surface area contributed by atoms with Gasteiger partial charge in [-0.05, 0) is 74.7 Å². The van der Waals surface area contributed by atoms with E-state index in [-0.39, 0.29) is 33.9 Å². The van der Waals surface area contributed by atoms with Crippen molar-refractivity contribution in [3.63, 3.8) is 0 Å². The van der Waals surface area contributed by atoms with Gasteiger partial charge in [-0.3, -0.25) is 14.5 Å². The molecule has 1 saturated heterocycles. The maximum Gasteiger partial charge on any atom is 0.253 e. The second kappa shape index (κ2) is 11.5. The molecule has 2 aromatic carbocycles. The van der Waals surface area contributed by atoms with Gasteiger partial charge in [-0.1, -0.05) is 11.6 Å². The quantitative estimate of drug-likeness (QED) is 0.230. The van der Waals surface area contributed by atoms with Gasteiger partial charge in [0, 0.05) is 23.5 Å². The lowest BCUT2D eigenvalue weighted by molar-refractivity contribution is -0.119. The third-order valence-corrected chi connectivity index (χ3v) is 7.81.